The van der Waals surface area contributed by atoms with Crippen molar-refractivity contribution < 1.29 is 33.0 Å². The number of Topliss-reactive ketones (excluding diaryl/α,β-unsaturated/α-hetero) is 1. The molecule has 1 N–H and O–H groups in total. The van der Waals surface area contributed by atoms with Gasteiger partial charge in [0.25, 0.3) is 5.91 Å². The van der Waals surface area contributed by atoms with Crippen molar-refractivity contribution in [1.82, 2.24) is 5.32 Å². The second kappa shape index (κ2) is 7.39. The zero-order chi connectivity index (χ0) is 17.8. The van der Waals surface area contributed by atoms with Crippen molar-refractivity contribution in [2.75, 3.05) is 19.9 Å². The van der Waals surface area contributed by atoms with Gasteiger partial charge in [-0.1, -0.05) is 0 Å². The van der Waals surface area contributed by atoms with Crippen LogP contribution in [-0.4, -0.2) is 37.6 Å². The van der Waals surface area contributed by atoms with E-state index in [0.29, 0.717) is 21.7 Å². The Kier molecular flexibility index (Phi) is 5.03. The molecular weight excluding hydrogens is 398 g/mol. The van der Waals surface area contributed by atoms with Crippen LogP contribution >= 0.6 is 15.9 Å². The molecule has 25 heavy (non-hydrogen) atoms. The summed E-state index contributed by atoms with van der Waals surface area (Å²) in [4.78, 5) is 35.4. The van der Waals surface area contributed by atoms with Crippen molar-refractivity contribution in [3.8, 4) is 11.5 Å². The van der Waals surface area contributed by atoms with Crippen LogP contribution in [0.1, 0.15) is 20.9 Å². The number of ether oxygens (including phenoxy) is 3. The molecule has 0 spiro atoms. The number of ketones is 1. The Hall–Kier alpha value is -2.81. The minimum absolute atomic E-state index is 0.0520. The molecule has 8 nitrogen and oxygen atoms in total. The van der Waals surface area contributed by atoms with Crippen LogP contribution < -0.4 is 14.8 Å². The highest BCUT2D eigenvalue weighted by Gasteiger charge is 2.18. The summed E-state index contributed by atoms with van der Waals surface area (Å²) in [6.45, 7) is -0.722. The summed E-state index contributed by atoms with van der Waals surface area (Å²) < 4.78 is 20.6. The summed E-state index contributed by atoms with van der Waals surface area (Å²) in [5.41, 5.74) is 0.335. The fraction of sp³-hybridized carbons (Fsp3) is 0.188. The maximum atomic E-state index is 12.0. The molecule has 1 aromatic heterocycles. The fourth-order valence-electron chi connectivity index (χ4n) is 2.03. The van der Waals surface area contributed by atoms with E-state index < -0.39 is 24.3 Å². The molecule has 2 heterocycles. The van der Waals surface area contributed by atoms with Gasteiger partial charge < -0.3 is 23.9 Å². The van der Waals surface area contributed by atoms with Crippen LogP contribution in [-0.2, 0) is 9.53 Å². The Labute approximate surface area is 150 Å². The lowest BCUT2D eigenvalue weighted by Crippen LogP contribution is -2.31. The second-order valence-corrected chi connectivity index (χ2v) is 5.72. The van der Waals surface area contributed by atoms with Crippen molar-refractivity contribution in [1.29, 1.82) is 0 Å². The van der Waals surface area contributed by atoms with Crippen molar-refractivity contribution >= 4 is 33.6 Å². The number of amides is 1. The highest BCUT2D eigenvalue weighted by Crippen LogP contribution is 2.32. The van der Waals surface area contributed by atoms with Crippen molar-refractivity contribution in [3.05, 3.63) is 46.3 Å². The largest absolute Gasteiger partial charge is 0.456 e. The number of rotatable bonds is 6. The first-order valence-electron chi connectivity index (χ1n) is 7.15. The number of benzene rings is 1. The molecule has 3 rings (SSSR count). The molecule has 1 aliphatic rings. The van der Waals surface area contributed by atoms with Gasteiger partial charge in [0.15, 0.2) is 34.3 Å². The van der Waals surface area contributed by atoms with Gasteiger partial charge in [-0.15, -0.1) is 0 Å². The summed E-state index contributed by atoms with van der Waals surface area (Å²) in [6, 6.07) is 7.69. The van der Waals surface area contributed by atoms with E-state index in [1.165, 1.54) is 12.1 Å². The van der Waals surface area contributed by atoms with E-state index >= 15 is 0 Å². The summed E-state index contributed by atoms with van der Waals surface area (Å²) in [5, 5.41) is 2.33. The molecule has 0 aliphatic carbocycles. The number of esters is 1. The van der Waals surface area contributed by atoms with Gasteiger partial charge in [0.1, 0.15) is 6.54 Å². The number of hydrogen-bond donors (Lipinski definition) is 1. The SMILES string of the molecule is O=C(CNC(=O)c1ccc(Br)o1)OCC(=O)c1ccc2c(c1)OCO2. The molecule has 9 heteroatoms. The number of halogens is 1. The van der Waals surface area contributed by atoms with E-state index in [2.05, 4.69) is 21.2 Å². The summed E-state index contributed by atoms with van der Waals surface area (Å²) in [6.07, 6.45) is 0. The molecule has 0 bridgehead atoms. The lowest BCUT2D eigenvalue weighted by atomic mass is 10.1. The van der Waals surface area contributed by atoms with Crippen LogP contribution in [0.15, 0.2) is 39.4 Å². The van der Waals surface area contributed by atoms with Gasteiger partial charge in [0.2, 0.25) is 6.79 Å². The summed E-state index contributed by atoms with van der Waals surface area (Å²) in [7, 11) is 0. The lowest BCUT2D eigenvalue weighted by Gasteiger charge is -2.06. The Morgan fingerprint density at radius 3 is 2.68 bits per heavy atom. The normalized spacial score (nSPS) is 11.9. The van der Waals surface area contributed by atoms with Crippen LogP contribution in [0.2, 0.25) is 0 Å². The van der Waals surface area contributed by atoms with Crippen molar-refractivity contribution in [2.24, 2.45) is 0 Å². The third-order valence-corrected chi connectivity index (χ3v) is 3.68. The average Bonchev–Trinajstić information content (AvgIpc) is 3.25. The van der Waals surface area contributed by atoms with E-state index in [-0.39, 0.29) is 19.1 Å². The van der Waals surface area contributed by atoms with Crippen molar-refractivity contribution in [3.63, 3.8) is 0 Å². The number of carbonyl (C=O) groups excluding carboxylic acids is 3. The van der Waals surface area contributed by atoms with Crippen LogP contribution in [0.3, 0.4) is 0 Å². The van der Waals surface area contributed by atoms with Gasteiger partial charge in [-0.2, -0.15) is 0 Å². The second-order valence-electron chi connectivity index (χ2n) is 4.94. The molecular formula is C16H12BrNO7. The zero-order valence-electron chi connectivity index (χ0n) is 12.7. The average molecular weight is 410 g/mol. The Morgan fingerprint density at radius 1 is 1.12 bits per heavy atom. The molecule has 2 aromatic rings. The molecule has 0 saturated heterocycles. The number of fused-ring (bicyclic) bond motifs is 1. The molecule has 1 amide bonds. The molecule has 130 valence electrons. The predicted molar refractivity (Wildman–Crippen MR) is 86.6 cm³/mol. The van der Waals surface area contributed by atoms with Crippen LogP contribution in [0.25, 0.3) is 0 Å². The first-order chi connectivity index (χ1) is 12.0. The minimum atomic E-state index is -0.743. The van der Waals surface area contributed by atoms with E-state index in [1.807, 2.05) is 0 Å². The summed E-state index contributed by atoms with van der Waals surface area (Å²) >= 11 is 3.07. The van der Waals surface area contributed by atoms with E-state index in [1.54, 1.807) is 18.2 Å². The zero-order valence-corrected chi connectivity index (χ0v) is 14.3. The molecule has 0 radical (unpaired) electrons. The number of hydrogen-bond acceptors (Lipinski definition) is 7. The van der Waals surface area contributed by atoms with Gasteiger partial charge in [0, 0.05) is 5.56 Å². The topological polar surface area (TPSA) is 104 Å². The van der Waals surface area contributed by atoms with Crippen LogP contribution in [0.4, 0.5) is 0 Å². The Balaban J connectivity index is 1.45. The maximum Gasteiger partial charge on any atom is 0.325 e. The minimum Gasteiger partial charge on any atom is -0.456 e. The van der Waals surface area contributed by atoms with Crippen LogP contribution in [0, 0.1) is 0 Å². The quantitative estimate of drug-likeness (QED) is 0.573. The first-order valence-corrected chi connectivity index (χ1v) is 7.94. The summed E-state index contributed by atoms with van der Waals surface area (Å²) in [5.74, 6) is -0.628. The molecule has 0 unspecified atom stereocenters. The lowest BCUT2D eigenvalue weighted by molar-refractivity contribution is -0.141. The Morgan fingerprint density at radius 2 is 1.92 bits per heavy atom. The first kappa shape index (κ1) is 17.0. The number of nitrogens with one attached hydrogen (secondary N) is 1. The smallest absolute Gasteiger partial charge is 0.325 e. The van der Waals surface area contributed by atoms with Crippen molar-refractivity contribution in [2.45, 2.75) is 0 Å². The Bertz CT molecular complexity index is 830. The van der Waals surface area contributed by atoms with E-state index in [0.717, 1.165) is 0 Å². The van der Waals surface area contributed by atoms with E-state index in [9.17, 15) is 14.4 Å². The molecule has 1 aliphatic heterocycles. The molecule has 0 atom stereocenters. The fourth-order valence-corrected chi connectivity index (χ4v) is 2.33. The highest BCUT2D eigenvalue weighted by molar-refractivity contribution is 9.10. The van der Waals surface area contributed by atoms with Gasteiger partial charge >= 0.3 is 5.97 Å². The number of carbonyl (C=O) groups is 3. The monoisotopic (exact) mass is 409 g/mol. The van der Waals surface area contributed by atoms with Gasteiger partial charge in [-0.3, -0.25) is 14.4 Å². The third kappa shape index (κ3) is 4.18. The standard InChI is InChI=1S/C16H12BrNO7/c17-14-4-3-12(25-14)16(21)18-6-15(20)22-7-10(19)9-1-2-11-13(5-9)24-8-23-11/h1-5H,6-8H2,(H,18,21). The van der Waals surface area contributed by atoms with Gasteiger partial charge in [-0.05, 0) is 46.3 Å². The predicted octanol–water partition coefficient (Wildman–Crippen LogP) is 1.93. The highest BCUT2D eigenvalue weighted by atomic mass is 79.9. The van der Waals surface area contributed by atoms with Gasteiger partial charge in [0.05, 0.1) is 0 Å². The van der Waals surface area contributed by atoms with Gasteiger partial charge in [-0.25, -0.2) is 0 Å². The van der Waals surface area contributed by atoms with Crippen LogP contribution in [0.5, 0.6) is 11.5 Å². The maximum absolute atomic E-state index is 12.0. The number of furan rings is 1. The molecule has 0 saturated carbocycles. The third-order valence-electron chi connectivity index (χ3n) is 3.25. The molecule has 1 aromatic carbocycles. The molecule has 0 fully saturated rings. The van der Waals surface area contributed by atoms with E-state index in [4.69, 9.17) is 18.6 Å².